The molecule has 10 aromatic rings. The van der Waals surface area contributed by atoms with Crippen molar-refractivity contribution in [2.45, 2.75) is 156 Å². The van der Waals surface area contributed by atoms with E-state index in [1.54, 1.807) is 0 Å². The molecular weight excluding hydrogens is 1390 g/mol. The predicted molar refractivity (Wildman–Crippen MR) is 461 cm³/mol. The Kier molecular flexibility index (Phi) is 32.4. The molecule has 2 saturated carbocycles. The van der Waals surface area contributed by atoms with Crippen molar-refractivity contribution in [3.05, 3.63) is 301 Å². The summed E-state index contributed by atoms with van der Waals surface area (Å²) < 4.78 is 5.07. The van der Waals surface area contributed by atoms with Crippen LogP contribution in [-0.2, 0) is 27.2 Å². The van der Waals surface area contributed by atoms with E-state index in [1.807, 2.05) is 97.1 Å². The molecule has 2 aliphatic heterocycles. The van der Waals surface area contributed by atoms with Crippen LogP contribution in [-0.4, -0.2) is 44.0 Å². The van der Waals surface area contributed by atoms with Gasteiger partial charge in [-0.3, -0.25) is 4.79 Å². The molecule has 0 bridgehead atoms. The first kappa shape index (κ1) is 82.6. The summed E-state index contributed by atoms with van der Waals surface area (Å²) in [5.41, 5.74) is 22.1. The van der Waals surface area contributed by atoms with E-state index in [0.29, 0.717) is 12.5 Å². The van der Waals surface area contributed by atoms with Gasteiger partial charge in [0.2, 0.25) is 5.24 Å². The summed E-state index contributed by atoms with van der Waals surface area (Å²) >= 11 is 4.71. The van der Waals surface area contributed by atoms with Crippen LogP contribution in [0.3, 0.4) is 0 Å². The van der Waals surface area contributed by atoms with Crippen LogP contribution in [0.1, 0.15) is 176 Å². The zero-order chi connectivity index (χ0) is 75.2. The van der Waals surface area contributed by atoms with E-state index in [1.165, 1.54) is 169 Å². The zero-order valence-corrected chi connectivity index (χ0v) is 63.8. The number of nitrogens with zero attached hydrogens (tertiary/aromatic N) is 10. The summed E-state index contributed by atoms with van der Waals surface area (Å²) in [6.07, 6.45) is 25.6. The average Bonchev–Trinajstić information content (AvgIpc) is 1.29. The van der Waals surface area contributed by atoms with Crippen LogP contribution in [0.4, 0.5) is 56.9 Å². The van der Waals surface area contributed by atoms with Gasteiger partial charge in [0.1, 0.15) is 0 Å². The molecule has 13 nitrogen and oxygen atoms in total. The minimum Gasteiger partial charge on any atom is -0.463 e. The Hall–Kier alpha value is -10.9. The third-order valence-corrected chi connectivity index (χ3v) is 21.6. The van der Waals surface area contributed by atoms with Crippen molar-refractivity contribution in [2.75, 3.05) is 42.6 Å². The molecule has 4 aliphatic rings. The summed E-state index contributed by atoms with van der Waals surface area (Å²) in [5.74, 6) is 2.84. The second-order valence-corrected chi connectivity index (χ2v) is 29.7. The number of hydrogen-bond donors (Lipinski definition) is 0. The number of anilines is 2. The standard InChI is InChI=1S/C50H55N5O2.C42H43N5.C3H3ClO.2CH4/c1-2-50(56)57-36-8-4-3-5-9-38-10-16-41(17-11-38)43-20-22-44(23-21-43)42-18-12-39(13-19-42)37-40-14-24-45(25-15-40)51-52-46-26-28-47(29-27-46)53-54-48-30-32-49(33-31-48)55-34-6-7-35-55;1-31-4-10-34(11-5-31)36-14-16-37(17-15-36)35-12-6-32(7-13-35)30-33-8-18-38(19-9-33)43-44-39-20-22-40(23-21-39)45-46-41-24-26-42(27-25-41)47-28-2-3-29-47;1-2-3(4)5;;/h2,12-15,18-33,38,41H,1,3-11,16-17,34-37H2;6-9,12-27,31,34H,2-5,10-11,28-30H2,1H3;2H,1H2;2*1H4. The molecule has 0 atom stereocenters. The summed E-state index contributed by atoms with van der Waals surface area (Å²) in [6.45, 7) is 14.0. The van der Waals surface area contributed by atoms with E-state index in [4.69, 9.17) is 16.3 Å². The van der Waals surface area contributed by atoms with Crippen molar-refractivity contribution in [1.82, 2.24) is 0 Å². The van der Waals surface area contributed by atoms with Crippen LogP contribution in [0.15, 0.2) is 309 Å². The number of unbranched alkanes of at least 4 members (excludes halogenated alkanes) is 3. The Balaban J connectivity index is 0.000000222. The molecule has 0 unspecified atom stereocenters. The summed E-state index contributed by atoms with van der Waals surface area (Å²) in [4.78, 5) is 25.4. The number of esters is 1. The second kappa shape index (κ2) is 43.5. The molecule has 0 radical (unpaired) electrons. The van der Waals surface area contributed by atoms with E-state index >= 15 is 0 Å². The molecular formula is C97H109ClN10O3. The molecule has 2 aliphatic carbocycles. The highest BCUT2D eigenvalue weighted by Gasteiger charge is 2.23. The lowest BCUT2D eigenvalue weighted by Gasteiger charge is -2.29. The molecule has 0 aromatic heterocycles. The Morgan fingerprint density at radius 1 is 0.369 bits per heavy atom. The van der Waals surface area contributed by atoms with E-state index in [-0.39, 0.29) is 20.8 Å². The van der Waals surface area contributed by atoms with Gasteiger partial charge in [-0.25, -0.2) is 4.79 Å². The molecule has 4 fully saturated rings. The molecule has 2 saturated heterocycles. The first-order valence-corrected chi connectivity index (χ1v) is 39.6. The number of benzene rings is 10. The topological polar surface area (TPSA) is 149 Å². The van der Waals surface area contributed by atoms with E-state index in [2.05, 4.69) is 216 Å². The molecule has 572 valence electrons. The van der Waals surface area contributed by atoms with Crippen molar-refractivity contribution >= 4 is 79.7 Å². The minimum absolute atomic E-state index is 0. The lowest BCUT2D eigenvalue weighted by atomic mass is 9.77. The average molecular weight is 1500 g/mol. The Morgan fingerprint density at radius 2 is 0.640 bits per heavy atom. The van der Waals surface area contributed by atoms with Crippen LogP contribution in [0, 0.1) is 11.8 Å². The number of halogens is 1. The SMILES string of the molecule is C.C.C=CC(=O)Cl.C=CC(=O)OCCCCCCC1CCC(c2ccc(-c3ccc(Cc4ccc(N=Nc5ccc(N=Nc6ccc(N7CCCC7)cc6)cc5)cc4)cc3)cc2)CC1.CC1CCC(c2ccc(-c3ccc(Cc4ccc(N=Nc5ccc(N=Nc6ccc(N7CCCC7)cc6)cc5)cc4)cc3)cc2)CC1. The Bertz CT molecular complexity index is 4590. The van der Waals surface area contributed by atoms with Gasteiger partial charge in [-0.2, -0.15) is 40.9 Å². The molecule has 0 N–H and O–H groups in total. The normalized spacial score (nSPS) is 16.8. The first-order valence-electron chi connectivity index (χ1n) is 39.2. The van der Waals surface area contributed by atoms with E-state index < -0.39 is 5.24 Å². The fourth-order valence-corrected chi connectivity index (χ4v) is 14.9. The van der Waals surface area contributed by atoms with E-state index in [0.717, 1.165) is 121 Å². The third kappa shape index (κ3) is 26.1. The summed E-state index contributed by atoms with van der Waals surface area (Å²) in [6, 6.07) is 85.1. The van der Waals surface area contributed by atoms with Crippen molar-refractivity contribution < 1.29 is 14.3 Å². The van der Waals surface area contributed by atoms with Crippen molar-refractivity contribution in [3.8, 4) is 22.3 Å². The van der Waals surface area contributed by atoms with Gasteiger partial charge in [0.15, 0.2) is 0 Å². The summed E-state index contributed by atoms with van der Waals surface area (Å²) in [5, 5.41) is 34.8. The van der Waals surface area contributed by atoms with Gasteiger partial charge in [0, 0.05) is 43.6 Å². The fraction of sp³-hybridized carbons (Fsp3) is 0.320. The molecule has 0 amide bonds. The van der Waals surface area contributed by atoms with Gasteiger partial charge in [-0.15, -0.1) is 0 Å². The van der Waals surface area contributed by atoms with Gasteiger partial charge < -0.3 is 14.5 Å². The van der Waals surface area contributed by atoms with E-state index in [9.17, 15) is 9.59 Å². The van der Waals surface area contributed by atoms with Gasteiger partial charge in [0.05, 0.1) is 52.1 Å². The highest BCUT2D eigenvalue weighted by Crippen LogP contribution is 2.40. The monoisotopic (exact) mass is 1500 g/mol. The third-order valence-electron chi connectivity index (χ3n) is 21.4. The first-order chi connectivity index (χ1) is 53.5. The van der Waals surface area contributed by atoms with Crippen molar-refractivity contribution in [1.29, 1.82) is 0 Å². The van der Waals surface area contributed by atoms with Gasteiger partial charge in [-0.05, 0) is 302 Å². The fourth-order valence-electron chi connectivity index (χ4n) is 14.9. The molecule has 2 heterocycles. The quantitative estimate of drug-likeness (QED) is 0.0165. The number of carbonyl (C=O) groups excluding carboxylic acids is 2. The molecule has 10 aromatic carbocycles. The number of rotatable bonds is 27. The maximum Gasteiger partial charge on any atom is 0.330 e. The van der Waals surface area contributed by atoms with Crippen LogP contribution in [0.2, 0.25) is 0 Å². The van der Waals surface area contributed by atoms with Gasteiger partial charge in [0.25, 0.3) is 0 Å². The highest BCUT2D eigenvalue weighted by atomic mass is 35.5. The van der Waals surface area contributed by atoms with Gasteiger partial charge >= 0.3 is 5.97 Å². The predicted octanol–water partition coefficient (Wildman–Crippen LogP) is 29.2. The number of carbonyl (C=O) groups is 2. The summed E-state index contributed by atoms with van der Waals surface area (Å²) in [7, 11) is 0. The maximum atomic E-state index is 11.1. The lowest BCUT2D eigenvalue weighted by Crippen LogP contribution is -2.17. The minimum atomic E-state index is -0.509. The van der Waals surface area contributed by atoms with Crippen LogP contribution in [0.25, 0.3) is 22.3 Å². The molecule has 0 spiro atoms. The van der Waals surface area contributed by atoms with Crippen LogP contribution in [0.5, 0.6) is 0 Å². The molecule has 111 heavy (non-hydrogen) atoms. The zero-order valence-electron chi connectivity index (χ0n) is 63.0. The largest absolute Gasteiger partial charge is 0.463 e. The van der Waals surface area contributed by atoms with Crippen molar-refractivity contribution in [3.63, 3.8) is 0 Å². The second-order valence-electron chi connectivity index (χ2n) is 29.3. The number of allylic oxidation sites excluding steroid dienone is 1. The number of azo groups is 4. The molecule has 14 rings (SSSR count). The highest BCUT2D eigenvalue weighted by molar-refractivity contribution is 6.66. The maximum absolute atomic E-state index is 11.1. The Morgan fingerprint density at radius 3 is 0.946 bits per heavy atom. The lowest BCUT2D eigenvalue weighted by molar-refractivity contribution is -0.137. The van der Waals surface area contributed by atoms with Crippen LogP contribution >= 0.6 is 11.6 Å². The van der Waals surface area contributed by atoms with Gasteiger partial charge in [-0.1, -0.05) is 195 Å². The smallest absolute Gasteiger partial charge is 0.330 e. The number of ether oxygens (including phenoxy) is 1. The van der Waals surface area contributed by atoms with Crippen molar-refractivity contribution in [2.24, 2.45) is 52.7 Å². The number of hydrogen-bond acceptors (Lipinski definition) is 13. The molecule has 14 heteroatoms. The Labute approximate surface area is 664 Å². The van der Waals surface area contributed by atoms with Crippen LogP contribution < -0.4 is 9.80 Å².